The molecule has 21 heavy (non-hydrogen) atoms. The maximum Gasteiger partial charge on any atom is 0.123 e. The van der Waals surface area contributed by atoms with Gasteiger partial charge in [0.05, 0.1) is 18.8 Å². The predicted octanol–water partition coefficient (Wildman–Crippen LogP) is 2.51. The molecule has 0 aromatic heterocycles. The van der Waals surface area contributed by atoms with Crippen LogP contribution in [0.3, 0.4) is 0 Å². The normalized spacial score (nSPS) is 19.0. The van der Waals surface area contributed by atoms with Crippen LogP contribution in [0.4, 0.5) is 4.39 Å². The van der Waals surface area contributed by atoms with E-state index in [1.165, 1.54) is 23.3 Å². The van der Waals surface area contributed by atoms with Gasteiger partial charge in [0.2, 0.25) is 0 Å². The molecule has 1 heterocycles. The van der Waals surface area contributed by atoms with Crippen LogP contribution < -0.4 is 11.3 Å². The van der Waals surface area contributed by atoms with Crippen molar-refractivity contribution < 1.29 is 9.13 Å². The van der Waals surface area contributed by atoms with Gasteiger partial charge in [-0.25, -0.2) is 4.39 Å². The Morgan fingerprint density at radius 1 is 1.19 bits per heavy atom. The maximum absolute atomic E-state index is 13.0. The topological polar surface area (TPSA) is 47.3 Å². The molecule has 0 aliphatic carbocycles. The van der Waals surface area contributed by atoms with Crippen molar-refractivity contribution in [3.05, 3.63) is 71.0 Å². The lowest BCUT2D eigenvalue weighted by Gasteiger charge is -2.32. The Morgan fingerprint density at radius 2 is 1.95 bits per heavy atom. The molecule has 0 spiro atoms. The highest BCUT2D eigenvalue weighted by atomic mass is 19.1. The molecule has 4 heteroatoms. The van der Waals surface area contributed by atoms with Crippen molar-refractivity contribution >= 4 is 0 Å². The van der Waals surface area contributed by atoms with Crippen molar-refractivity contribution in [2.45, 2.75) is 25.0 Å². The molecule has 3 nitrogen and oxygen atoms in total. The first kappa shape index (κ1) is 14.2. The zero-order chi connectivity index (χ0) is 14.7. The number of nitrogens with one attached hydrogen (secondary N) is 1. The average molecular weight is 286 g/mol. The van der Waals surface area contributed by atoms with E-state index >= 15 is 0 Å². The molecule has 0 saturated heterocycles. The Hall–Kier alpha value is -1.75. The Bertz CT molecular complexity index is 600. The summed E-state index contributed by atoms with van der Waals surface area (Å²) in [7, 11) is 0. The van der Waals surface area contributed by atoms with Crippen molar-refractivity contribution in [2.75, 3.05) is 6.61 Å². The van der Waals surface area contributed by atoms with Crippen LogP contribution in [0.5, 0.6) is 0 Å². The van der Waals surface area contributed by atoms with E-state index < -0.39 is 0 Å². The van der Waals surface area contributed by atoms with Gasteiger partial charge in [-0.2, -0.15) is 0 Å². The van der Waals surface area contributed by atoms with Crippen molar-refractivity contribution in [1.29, 1.82) is 0 Å². The average Bonchev–Trinajstić information content (AvgIpc) is 2.54. The smallest absolute Gasteiger partial charge is 0.123 e. The molecule has 110 valence electrons. The van der Waals surface area contributed by atoms with E-state index in [0.717, 1.165) is 12.0 Å². The number of rotatable bonds is 4. The summed E-state index contributed by atoms with van der Waals surface area (Å²) >= 11 is 0. The Kier molecular flexibility index (Phi) is 4.29. The Balaban J connectivity index is 1.82. The summed E-state index contributed by atoms with van der Waals surface area (Å²) in [5.74, 6) is 5.51. The Labute approximate surface area is 123 Å². The predicted molar refractivity (Wildman–Crippen MR) is 80.1 cm³/mol. The molecule has 2 aromatic carbocycles. The van der Waals surface area contributed by atoms with Crippen LogP contribution in [-0.4, -0.2) is 12.6 Å². The molecule has 3 N–H and O–H groups in total. The number of ether oxygens (including phenoxy) is 1. The quantitative estimate of drug-likeness (QED) is 0.670. The fourth-order valence-corrected chi connectivity index (χ4v) is 2.89. The van der Waals surface area contributed by atoms with Gasteiger partial charge in [0, 0.05) is 0 Å². The molecule has 2 atom stereocenters. The fourth-order valence-electron chi connectivity index (χ4n) is 2.89. The molecule has 0 fully saturated rings. The number of hydrogen-bond acceptors (Lipinski definition) is 3. The lowest BCUT2D eigenvalue weighted by Crippen LogP contribution is -2.43. The molecule has 0 amide bonds. The van der Waals surface area contributed by atoms with E-state index in [9.17, 15) is 4.39 Å². The lowest BCUT2D eigenvalue weighted by molar-refractivity contribution is 0.0154. The SMILES string of the molecule is NNC(Cc1ccc(F)cc1)C1OCCc2ccccc21. The van der Waals surface area contributed by atoms with E-state index in [1.807, 2.05) is 12.1 Å². The third-order valence-electron chi connectivity index (χ3n) is 3.98. The van der Waals surface area contributed by atoms with Crippen LogP contribution in [0.15, 0.2) is 48.5 Å². The zero-order valence-corrected chi connectivity index (χ0v) is 11.8. The Morgan fingerprint density at radius 3 is 2.71 bits per heavy atom. The third-order valence-corrected chi connectivity index (χ3v) is 3.98. The molecule has 3 rings (SSSR count). The highest BCUT2D eigenvalue weighted by molar-refractivity contribution is 5.32. The summed E-state index contributed by atoms with van der Waals surface area (Å²) in [4.78, 5) is 0. The van der Waals surface area contributed by atoms with Gasteiger partial charge < -0.3 is 4.74 Å². The van der Waals surface area contributed by atoms with Gasteiger partial charge in [-0.05, 0) is 41.7 Å². The van der Waals surface area contributed by atoms with Gasteiger partial charge in [0.15, 0.2) is 0 Å². The molecular weight excluding hydrogens is 267 g/mol. The van der Waals surface area contributed by atoms with Gasteiger partial charge in [-0.1, -0.05) is 36.4 Å². The number of hydrogen-bond donors (Lipinski definition) is 2. The summed E-state index contributed by atoms with van der Waals surface area (Å²) in [5.41, 5.74) is 6.39. The first-order chi connectivity index (χ1) is 10.3. The third kappa shape index (κ3) is 3.13. The maximum atomic E-state index is 13.0. The first-order valence-electron chi connectivity index (χ1n) is 7.18. The zero-order valence-electron chi connectivity index (χ0n) is 11.8. The second-order valence-electron chi connectivity index (χ2n) is 5.34. The minimum absolute atomic E-state index is 0.0445. The summed E-state index contributed by atoms with van der Waals surface area (Å²) < 4.78 is 18.9. The van der Waals surface area contributed by atoms with E-state index in [1.54, 1.807) is 12.1 Å². The summed E-state index contributed by atoms with van der Waals surface area (Å²) in [5, 5.41) is 0. The highest BCUT2D eigenvalue weighted by Gasteiger charge is 2.28. The molecule has 1 aliphatic heterocycles. The summed E-state index contributed by atoms with van der Waals surface area (Å²) in [6.07, 6.45) is 1.54. The molecule has 0 bridgehead atoms. The van der Waals surface area contributed by atoms with Crippen LogP contribution in [0, 0.1) is 5.82 Å². The highest BCUT2D eigenvalue weighted by Crippen LogP contribution is 2.30. The minimum Gasteiger partial charge on any atom is -0.371 e. The summed E-state index contributed by atoms with van der Waals surface area (Å²) in [6, 6.07) is 14.8. The van der Waals surface area contributed by atoms with Crippen LogP contribution in [0.25, 0.3) is 0 Å². The van der Waals surface area contributed by atoms with Gasteiger partial charge in [-0.3, -0.25) is 11.3 Å². The molecular formula is C17H19FN2O. The minimum atomic E-state index is -0.227. The first-order valence-corrected chi connectivity index (χ1v) is 7.18. The lowest BCUT2D eigenvalue weighted by atomic mass is 9.90. The van der Waals surface area contributed by atoms with E-state index in [0.29, 0.717) is 13.0 Å². The van der Waals surface area contributed by atoms with Crippen molar-refractivity contribution in [3.8, 4) is 0 Å². The van der Waals surface area contributed by atoms with Gasteiger partial charge >= 0.3 is 0 Å². The fraction of sp³-hybridized carbons (Fsp3) is 0.294. The number of fused-ring (bicyclic) bond motifs is 1. The molecule has 2 aromatic rings. The second kappa shape index (κ2) is 6.35. The van der Waals surface area contributed by atoms with Crippen LogP contribution in [0.2, 0.25) is 0 Å². The van der Waals surface area contributed by atoms with Crippen molar-refractivity contribution in [1.82, 2.24) is 5.43 Å². The monoisotopic (exact) mass is 286 g/mol. The van der Waals surface area contributed by atoms with Gasteiger partial charge in [-0.15, -0.1) is 0 Å². The number of hydrazine groups is 1. The van der Waals surface area contributed by atoms with E-state index in [2.05, 4.69) is 17.6 Å². The van der Waals surface area contributed by atoms with E-state index in [-0.39, 0.29) is 18.0 Å². The number of halogens is 1. The van der Waals surface area contributed by atoms with Crippen molar-refractivity contribution in [2.24, 2.45) is 5.84 Å². The number of benzene rings is 2. The van der Waals surface area contributed by atoms with Crippen LogP contribution in [0.1, 0.15) is 22.8 Å². The van der Waals surface area contributed by atoms with E-state index in [4.69, 9.17) is 10.6 Å². The van der Waals surface area contributed by atoms with Crippen LogP contribution in [-0.2, 0) is 17.6 Å². The molecule has 0 radical (unpaired) electrons. The summed E-state index contributed by atoms with van der Waals surface area (Å²) in [6.45, 7) is 0.698. The molecule has 0 saturated carbocycles. The van der Waals surface area contributed by atoms with Crippen molar-refractivity contribution in [3.63, 3.8) is 0 Å². The number of nitrogens with two attached hydrogens (primary N) is 1. The molecule has 1 aliphatic rings. The largest absolute Gasteiger partial charge is 0.371 e. The van der Waals surface area contributed by atoms with Crippen LogP contribution >= 0.6 is 0 Å². The molecule has 2 unspecified atom stereocenters. The van der Waals surface area contributed by atoms with Gasteiger partial charge in [0.25, 0.3) is 0 Å². The second-order valence-corrected chi connectivity index (χ2v) is 5.34. The standard InChI is InChI=1S/C17H19FN2O/c18-14-7-5-12(6-8-14)11-16(20-19)17-15-4-2-1-3-13(15)9-10-21-17/h1-8,16-17,20H,9-11,19H2. The van der Waals surface area contributed by atoms with Gasteiger partial charge in [0.1, 0.15) is 5.82 Å².